The molecule has 3 aliphatic rings. The van der Waals surface area contributed by atoms with Gasteiger partial charge in [0.05, 0.1) is 27.7 Å². The Morgan fingerprint density at radius 2 is 1.29 bits per heavy atom. The lowest BCUT2D eigenvalue weighted by Gasteiger charge is -2.08. The molecule has 1 saturated heterocycles. The summed E-state index contributed by atoms with van der Waals surface area (Å²) in [4.78, 5) is 32.9. The van der Waals surface area contributed by atoms with E-state index in [0.717, 1.165) is 18.4 Å². The minimum atomic E-state index is -0.654. The summed E-state index contributed by atoms with van der Waals surface area (Å²) < 4.78 is 26.5. The van der Waals surface area contributed by atoms with Gasteiger partial charge in [-0.15, -0.1) is 0 Å². The van der Waals surface area contributed by atoms with Crippen LogP contribution in [0.1, 0.15) is 46.3 Å². The summed E-state index contributed by atoms with van der Waals surface area (Å²) in [6.45, 7) is 2.50. The van der Waals surface area contributed by atoms with Crippen LogP contribution in [0.2, 0.25) is 20.1 Å². The monoisotopic (exact) mass is 749 g/mol. The van der Waals surface area contributed by atoms with Gasteiger partial charge in [-0.25, -0.2) is 8.78 Å². The van der Waals surface area contributed by atoms with Crippen LogP contribution in [0.3, 0.4) is 0 Å². The molecule has 0 atom stereocenters. The molecule has 0 aliphatic carbocycles. The fourth-order valence-corrected chi connectivity index (χ4v) is 5.41. The van der Waals surface area contributed by atoms with Crippen LogP contribution in [0.15, 0.2) is 72.8 Å². The number of fused-ring (bicyclic) bond motifs is 2. The number of benzene rings is 4. The van der Waals surface area contributed by atoms with Gasteiger partial charge in [-0.1, -0.05) is 83.2 Å². The van der Waals surface area contributed by atoms with Gasteiger partial charge < -0.3 is 21.1 Å². The molecule has 3 aliphatic heterocycles. The Labute approximate surface area is 303 Å². The normalized spacial score (nSPS) is 14.5. The second-order valence-corrected chi connectivity index (χ2v) is 12.1. The minimum Gasteiger partial charge on any atom is -0.400 e. The molecule has 3 heterocycles. The Morgan fingerprint density at radius 3 is 1.84 bits per heavy atom. The maximum absolute atomic E-state index is 13.9. The van der Waals surface area contributed by atoms with Crippen LogP contribution in [0.4, 0.5) is 20.2 Å². The van der Waals surface area contributed by atoms with E-state index < -0.39 is 11.6 Å². The fraction of sp³-hybridized carbons (Fsp3) is 0.194. The number of hydrogen-bond donors (Lipinski definition) is 4. The molecule has 1 fully saturated rings. The molecule has 13 heteroatoms. The van der Waals surface area contributed by atoms with E-state index in [9.17, 15) is 23.2 Å². The molecule has 4 aromatic carbocycles. The van der Waals surface area contributed by atoms with Gasteiger partial charge in [-0.05, 0) is 80.0 Å². The molecule has 4 N–H and O–H groups in total. The third-order valence-corrected chi connectivity index (χ3v) is 8.11. The number of hydrogen-bond acceptors (Lipinski definition) is 5. The number of piperidine rings is 1. The van der Waals surface area contributed by atoms with Crippen molar-refractivity contribution in [2.75, 3.05) is 30.8 Å². The largest absolute Gasteiger partial charge is 0.400 e. The van der Waals surface area contributed by atoms with Gasteiger partial charge in [0.15, 0.2) is 12.1 Å². The number of carbonyl (C=O) groups excluding carboxylic acids is 3. The van der Waals surface area contributed by atoms with Gasteiger partial charge in [-0.3, -0.25) is 14.4 Å². The smallest absolute Gasteiger partial charge is 0.256 e. The molecule has 258 valence electrons. The van der Waals surface area contributed by atoms with Crippen molar-refractivity contribution < 1.29 is 28.3 Å². The van der Waals surface area contributed by atoms with Gasteiger partial charge in [0.25, 0.3) is 5.91 Å². The zero-order valence-corrected chi connectivity index (χ0v) is 29.3. The third-order valence-electron chi connectivity index (χ3n) is 7.06. The topological polar surface area (TPSA) is 108 Å². The van der Waals surface area contributed by atoms with E-state index in [-0.39, 0.29) is 33.0 Å². The van der Waals surface area contributed by atoms with Gasteiger partial charge in [0, 0.05) is 39.5 Å². The molecule has 0 spiro atoms. The zero-order chi connectivity index (χ0) is 35.9. The highest BCUT2D eigenvalue weighted by Gasteiger charge is 2.24. The quantitative estimate of drug-likeness (QED) is 0.121. The Hall–Kier alpha value is -3.83. The lowest BCUT2D eigenvalue weighted by atomic mass is 10.0. The van der Waals surface area contributed by atoms with Crippen LogP contribution < -0.4 is 16.0 Å². The Morgan fingerprint density at radius 1 is 0.714 bits per heavy atom. The Bertz CT molecular complexity index is 1810. The highest BCUT2D eigenvalue weighted by atomic mass is 35.5. The third kappa shape index (κ3) is 11.6. The standard InChI is InChI=1S/C15H8Cl2FNO.C8H6ClNO.C7H4ClFO.C5H11N.CH4O/c16-9-4-5-10-11(15(20)19-13(10)7-9)6-8-2-1-3-12(17)14(8)18;9-6-2-1-5-3-8(11)10-7(5)4-6;8-6-3-1-2-5(4-10)7(6)9;1-2-4-6-5-3-1;1-2/h1-7H,(H,19,20);1-2,4H,3H2,(H,10,11);1-4H;6H,1-5H2;2H,1H3/b11-6+;;;;. The summed E-state index contributed by atoms with van der Waals surface area (Å²) in [6, 6.07) is 19.4. The Balaban J connectivity index is 0.000000190. The first-order valence-corrected chi connectivity index (χ1v) is 16.5. The molecular weight excluding hydrogens is 718 g/mol. The van der Waals surface area contributed by atoms with E-state index in [0.29, 0.717) is 39.6 Å². The first-order chi connectivity index (χ1) is 23.6. The van der Waals surface area contributed by atoms with Crippen molar-refractivity contribution in [3.05, 3.63) is 127 Å². The minimum absolute atomic E-state index is 0.00694. The zero-order valence-electron chi connectivity index (χ0n) is 26.3. The van der Waals surface area contributed by atoms with E-state index >= 15 is 0 Å². The predicted octanol–water partition coefficient (Wildman–Crippen LogP) is 9.12. The molecule has 7 nitrogen and oxygen atoms in total. The number of carbonyl (C=O) groups is 3. The molecule has 0 unspecified atom stereocenters. The number of aliphatic hydroxyl groups excluding tert-OH is 1. The maximum atomic E-state index is 13.9. The molecule has 4 aromatic rings. The van der Waals surface area contributed by atoms with Gasteiger partial charge >= 0.3 is 0 Å². The van der Waals surface area contributed by atoms with Crippen molar-refractivity contribution in [3.63, 3.8) is 0 Å². The van der Waals surface area contributed by atoms with E-state index in [4.69, 9.17) is 51.5 Å². The Kier molecular flexibility index (Phi) is 16.2. The lowest BCUT2D eigenvalue weighted by Crippen LogP contribution is -2.21. The second-order valence-electron chi connectivity index (χ2n) is 10.4. The molecule has 0 aromatic heterocycles. The van der Waals surface area contributed by atoms with Crippen molar-refractivity contribution in [2.24, 2.45) is 0 Å². The molecular formula is C36H33Cl4F2N3O4. The predicted molar refractivity (Wildman–Crippen MR) is 195 cm³/mol. The molecule has 0 radical (unpaired) electrons. The fourth-order valence-electron chi connectivity index (χ4n) is 4.70. The lowest BCUT2D eigenvalue weighted by molar-refractivity contribution is -0.115. The van der Waals surface area contributed by atoms with Crippen LogP contribution in [-0.2, 0) is 16.0 Å². The number of rotatable bonds is 2. The maximum Gasteiger partial charge on any atom is 0.256 e. The van der Waals surface area contributed by atoms with Gasteiger partial charge in [-0.2, -0.15) is 0 Å². The van der Waals surface area contributed by atoms with E-state index in [2.05, 4.69) is 16.0 Å². The summed E-state index contributed by atoms with van der Waals surface area (Å²) >= 11 is 22.7. The highest BCUT2D eigenvalue weighted by Crippen LogP contribution is 2.35. The van der Waals surface area contributed by atoms with Crippen LogP contribution >= 0.6 is 46.4 Å². The molecule has 7 rings (SSSR count). The van der Waals surface area contributed by atoms with Crippen LogP contribution in [0.5, 0.6) is 0 Å². The average molecular weight is 751 g/mol. The second kappa shape index (κ2) is 20.0. The number of halogens is 6. The number of amides is 2. The number of aldehydes is 1. The summed E-state index contributed by atoms with van der Waals surface area (Å²) in [5.41, 5.74) is 3.84. The van der Waals surface area contributed by atoms with Crippen molar-refractivity contribution in [1.82, 2.24) is 5.32 Å². The molecule has 0 saturated carbocycles. The summed E-state index contributed by atoms with van der Waals surface area (Å²) in [5, 5.41) is 16.9. The van der Waals surface area contributed by atoms with E-state index in [1.807, 2.05) is 6.07 Å². The van der Waals surface area contributed by atoms with E-state index in [1.54, 1.807) is 42.5 Å². The molecule has 0 bridgehead atoms. The average Bonchev–Trinajstić information content (AvgIpc) is 3.63. The highest BCUT2D eigenvalue weighted by molar-refractivity contribution is 6.37. The number of aliphatic hydroxyl groups is 1. The van der Waals surface area contributed by atoms with E-state index in [1.165, 1.54) is 62.7 Å². The summed E-state index contributed by atoms with van der Waals surface area (Å²) in [6.07, 6.45) is 6.61. The first kappa shape index (κ1) is 39.6. The van der Waals surface area contributed by atoms with Crippen molar-refractivity contribution >= 4 is 87.5 Å². The number of anilines is 2. The molecule has 2 amide bonds. The van der Waals surface area contributed by atoms with Gasteiger partial charge in [0.2, 0.25) is 5.91 Å². The van der Waals surface area contributed by atoms with Crippen LogP contribution in [-0.4, -0.2) is 43.4 Å². The van der Waals surface area contributed by atoms with Crippen LogP contribution in [0.25, 0.3) is 11.6 Å². The first-order valence-electron chi connectivity index (χ1n) is 15.0. The van der Waals surface area contributed by atoms with Crippen molar-refractivity contribution in [1.29, 1.82) is 0 Å². The summed E-state index contributed by atoms with van der Waals surface area (Å²) in [5.74, 6) is -1.44. The van der Waals surface area contributed by atoms with Crippen molar-refractivity contribution in [3.8, 4) is 0 Å². The number of nitrogens with one attached hydrogen (secondary N) is 3. The van der Waals surface area contributed by atoms with Crippen molar-refractivity contribution in [2.45, 2.75) is 25.7 Å². The van der Waals surface area contributed by atoms with Crippen LogP contribution in [0, 0.1) is 11.6 Å². The molecule has 49 heavy (non-hydrogen) atoms. The SMILES string of the molecule is C1CCNCC1.CO.O=C1Cc2ccc(Cl)cc2N1.O=C1Nc2cc(Cl)ccc2/C1=C\c1cccc(Cl)c1F.O=Cc1cccc(Cl)c1F. The summed E-state index contributed by atoms with van der Waals surface area (Å²) in [7, 11) is 1.00. The van der Waals surface area contributed by atoms with Gasteiger partial charge in [0.1, 0.15) is 5.82 Å².